The highest BCUT2D eigenvalue weighted by Crippen LogP contribution is 2.20. The largest absolute Gasteiger partial charge is 0.480 e. The summed E-state index contributed by atoms with van der Waals surface area (Å²) in [5.41, 5.74) is 1.05. The van der Waals surface area contributed by atoms with Gasteiger partial charge in [-0.15, -0.1) is 11.3 Å². The van der Waals surface area contributed by atoms with Crippen LogP contribution in [0.2, 0.25) is 0 Å². The van der Waals surface area contributed by atoms with Crippen molar-refractivity contribution in [3.8, 4) is 0 Å². The molecule has 0 aliphatic carbocycles. The van der Waals surface area contributed by atoms with Gasteiger partial charge in [0.25, 0.3) is 5.91 Å². The number of rotatable bonds is 3. The van der Waals surface area contributed by atoms with Crippen molar-refractivity contribution in [2.24, 2.45) is 0 Å². The molecular formula is C10H13NO3S. The molecule has 0 saturated heterocycles. The minimum atomic E-state index is -1.03. The number of aliphatic carboxylic acids is 1. The molecule has 1 unspecified atom stereocenters. The third kappa shape index (κ3) is 2.79. The van der Waals surface area contributed by atoms with Gasteiger partial charge in [-0.1, -0.05) is 0 Å². The number of carbonyl (C=O) groups excluding carboxylic acids is 1. The molecular weight excluding hydrogens is 214 g/mol. The van der Waals surface area contributed by atoms with Crippen LogP contribution in [-0.4, -0.2) is 23.0 Å². The van der Waals surface area contributed by atoms with E-state index in [9.17, 15) is 9.59 Å². The maximum atomic E-state index is 11.6. The molecule has 1 rings (SSSR count). The second-order valence-corrected chi connectivity index (χ2v) is 4.64. The first-order chi connectivity index (χ1) is 6.91. The highest BCUT2D eigenvalue weighted by molar-refractivity contribution is 7.14. The van der Waals surface area contributed by atoms with Crippen LogP contribution in [0, 0.1) is 13.8 Å². The lowest BCUT2D eigenvalue weighted by Crippen LogP contribution is -2.37. The first-order valence-electron chi connectivity index (χ1n) is 4.52. The summed E-state index contributed by atoms with van der Waals surface area (Å²) in [5.74, 6) is -1.36. The molecule has 1 heterocycles. The fraction of sp³-hybridized carbons (Fsp3) is 0.400. The standard InChI is InChI=1S/C10H13NO3S/c1-5-4-8(15-7(5)3)9(12)11-6(2)10(13)14/h4,6H,1-3H3,(H,11,12)(H,13,14). The van der Waals surface area contributed by atoms with Gasteiger partial charge in [0.2, 0.25) is 0 Å². The Balaban J connectivity index is 2.73. The fourth-order valence-electron chi connectivity index (χ4n) is 1.01. The molecule has 1 aromatic heterocycles. The van der Waals surface area contributed by atoms with Crippen LogP contribution in [0.15, 0.2) is 6.07 Å². The lowest BCUT2D eigenvalue weighted by Gasteiger charge is -2.07. The molecule has 0 aromatic carbocycles. The Hall–Kier alpha value is -1.36. The zero-order valence-electron chi connectivity index (χ0n) is 8.83. The molecule has 0 spiro atoms. The van der Waals surface area contributed by atoms with E-state index in [0.29, 0.717) is 4.88 Å². The van der Waals surface area contributed by atoms with Crippen LogP contribution in [0.25, 0.3) is 0 Å². The molecule has 0 bridgehead atoms. The van der Waals surface area contributed by atoms with Crippen molar-refractivity contribution < 1.29 is 14.7 Å². The van der Waals surface area contributed by atoms with E-state index in [1.54, 1.807) is 6.07 Å². The second kappa shape index (κ2) is 4.44. The van der Waals surface area contributed by atoms with Crippen molar-refractivity contribution in [2.45, 2.75) is 26.8 Å². The zero-order chi connectivity index (χ0) is 11.6. The van der Waals surface area contributed by atoms with Gasteiger partial charge in [-0.05, 0) is 32.4 Å². The monoisotopic (exact) mass is 227 g/mol. The van der Waals surface area contributed by atoms with Crippen molar-refractivity contribution in [3.63, 3.8) is 0 Å². The van der Waals surface area contributed by atoms with Crippen LogP contribution in [-0.2, 0) is 4.79 Å². The van der Waals surface area contributed by atoms with Gasteiger partial charge in [0.05, 0.1) is 4.88 Å². The summed E-state index contributed by atoms with van der Waals surface area (Å²) < 4.78 is 0. The topological polar surface area (TPSA) is 66.4 Å². The van der Waals surface area contributed by atoms with Gasteiger partial charge in [0, 0.05) is 4.88 Å². The molecule has 1 amide bonds. The fourth-order valence-corrected chi connectivity index (χ4v) is 1.95. The molecule has 82 valence electrons. The first kappa shape index (κ1) is 11.7. The third-order valence-electron chi connectivity index (χ3n) is 2.11. The van der Waals surface area contributed by atoms with E-state index in [1.807, 2.05) is 13.8 Å². The average Bonchev–Trinajstić information content (AvgIpc) is 2.46. The molecule has 0 saturated carbocycles. The van der Waals surface area contributed by atoms with E-state index < -0.39 is 12.0 Å². The smallest absolute Gasteiger partial charge is 0.325 e. The van der Waals surface area contributed by atoms with Gasteiger partial charge in [-0.25, -0.2) is 0 Å². The number of amides is 1. The molecule has 2 N–H and O–H groups in total. The van der Waals surface area contributed by atoms with Crippen LogP contribution in [0.1, 0.15) is 27.0 Å². The van der Waals surface area contributed by atoms with E-state index in [0.717, 1.165) is 10.4 Å². The second-order valence-electron chi connectivity index (χ2n) is 3.38. The number of carbonyl (C=O) groups is 2. The lowest BCUT2D eigenvalue weighted by molar-refractivity contribution is -0.138. The van der Waals surface area contributed by atoms with Crippen molar-refractivity contribution in [3.05, 3.63) is 21.4 Å². The first-order valence-corrected chi connectivity index (χ1v) is 5.34. The number of thiophene rings is 1. The summed E-state index contributed by atoms with van der Waals surface area (Å²) in [6, 6.07) is 0.907. The Morgan fingerprint density at radius 3 is 2.47 bits per heavy atom. The van der Waals surface area contributed by atoms with Crippen LogP contribution in [0.4, 0.5) is 0 Å². The Bertz CT molecular complexity index is 378. The number of carboxylic acids is 1. The molecule has 0 aliphatic rings. The Morgan fingerprint density at radius 1 is 1.47 bits per heavy atom. The quantitative estimate of drug-likeness (QED) is 0.823. The summed E-state index contributed by atoms with van der Waals surface area (Å²) in [4.78, 5) is 23.7. The number of hydrogen-bond acceptors (Lipinski definition) is 3. The van der Waals surface area contributed by atoms with Crippen LogP contribution in [0.3, 0.4) is 0 Å². The van der Waals surface area contributed by atoms with Gasteiger partial charge < -0.3 is 10.4 Å². The van der Waals surface area contributed by atoms with Gasteiger partial charge in [0.15, 0.2) is 0 Å². The zero-order valence-corrected chi connectivity index (χ0v) is 9.64. The Labute approximate surface area is 91.9 Å². The van der Waals surface area contributed by atoms with E-state index in [2.05, 4.69) is 5.32 Å². The number of nitrogens with one attached hydrogen (secondary N) is 1. The number of carboxylic acid groups (broad SMARTS) is 1. The third-order valence-corrected chi connectivity index (χ3v) is 3.26. The van der Waals surface area contributed by atoms with Crippen molar-refractivity contribution in [1.29, 1.82) is 0 Å². The van der Waals surface area contributed by atoms with E-state index in [-0.39, 0.29) is 5.91 Å². The summed E-state index contributed by atoms with van der Waals surface area (Å²) in [6.45, 7) is 5.29. The maximum Gasteiger partial charge on any atom is 0.325 e. The molecule has 0 radical (unpaired) electrons. The predicted molar refractivity (Wildman–Crippen MR) is 58.4 cm³/mol. The maximum absolute atomic E-state index is 11.6. The van der Waals surface area contributed by atoms with Crippen LogP contribution >= 0.6 is 11.3 Å². The summed E-state index contributed by atoms with van der Waals surface area (Å²) in [7, 11) is 0. The SMILES string of the molecule is Cc1cc(C(=O)NC(C)C(=O)O)sc1C. The molecule has 5 heteroatoms. The highest BCUT2D eigenvalue weighted by atomic mass is 32.1. The van der Waals surface area contributed by atoms with E-state index in [4.69, 9.17) is 5.11 Å². The van der Waals surface area contributed by atoms with Gasteiger partial charge >= 0.3 is 5.97 Å². The molecule has 4 nitrogen and oxygen atoms in total. The molecule has 0 aliphatic heterocycles. The lowest BCUT2D eigenvalue weighted by atomic mass is 10.2. The minimum Gasteiger partial charge on any atom is -0.480 e. The highest BCUT2D eigenvalue weighted by Gasteiger charge is 2.16. The van der Waals surface area contributed by atoms with Crippen molar-refractivity contribution in [2.75, 3.05) is 0 Å². The van der Waals surface area contributed by atoms with Gasteiger partial charge in [-0.3, -0.25) is 9.59 Å². The summed E-state index contributed by atoms with van der Waals surface area (Å²) in [6.07, 6.45) is 0. The average molecular weight is 227 g/mol. The Morgan fingerprint density at radius 2 is 2.07 bits per heavy atom. The normalized spacial score (nSPS) is 12.2. The van der Waals surface area contributed by atoms with Crippen molar-refractivity contribution in [1.82, 2.24) is 5.32 Å². The Kier molecular flexibility index (Phi) is 3.47. The summed E-state index contributed by atoms with van der Waals surface area (Å²) in [5, 5.41) is 11.0. The molecule has 1 atom stereocenters. The minimum absolute atomic E-state index is 0.328. The molecule has 15 heavy (non-hydrogen) atoms. The van der Waals surface area contributed by atoms with Gasteiger partial charge in [0.1, 0.15) is 6.04 Å². The molecule has 1 aromatic rings. The summed E-state index contributed by atoms with van der Waals surface area (Å²) >= 11 is 1.37. The van der Waals surface area contributed by atoms with E-state index in [1.165, 1.54) is 18.3 Å². The van der Waals surface area contributed by atoms with Gasteiger partial charge in [-0.2, -0.15) is 0 Å². The van der Waals surface area contributed by atoms with Crippen LogP contribution in [0.5, 0.6) is 0 Å². The van der Waals surface area contributed by atoms with Crippen LogP contribution < -0.4 is 5.32 Å². The predicted octanol–water partition coefficient (Wildman–Crippen LogP) is 1.57. The van der Waals surface area contributed by atoms with E-state index >= 15 is 0 Å². The number of hydrogen-bond donors (Lipinski definition) is 2. The number of aryl methyl sites for hydroxylation is 2. The molecule has 0 fully saturated rings. The van der Waals surface area contributed by atoms with Crippen molar-refractivity contribution >= 4 is 23.2 Å².